The number of piperazine rings is 1. The summed E-state index contributed by atoms with van der Waals surface area (Å²) in [6.45, 7) is 2.43. The topological polar surface area (TPSA) is 44.4 Å². The number of nitrogens with zero attached hydrogens (tertiary/aromatic N) is 1. The lowest BCUT2D eigenvalue weighted by Crippen LogP contribution is -2.48. The Kier molecular flexibility index (Phi) is 3.53. The van der Waals surface area contributed by atoms with Crippen molar-refractivity contribution in [3.05, 3.63) is 29.8 Å². The van der Waals surface area contributed by atoms with Crippen molar-refractivity contribution in [2.45, 2.75) is 0 Å². The minimum absolute atomic E-state index is 0.393. The Bertz CT molecular complexity index is 399. The van der Waals surface area contributed by atoms with Crippen molar-refractivity contribution < 1.29 is 13.6 Å². The molecule has 17 heavy (non-hydrogen) atoms. The van der Waals surface area contributed by atoms with Gasteiger partial charge in [0.15, 0.2) is 0 Å². The van der Waals surface area contributed by atoms with Crippen molar-refractivity contribution in [1.29, 1.82) is 0 Å². The third kappa shape index (κ3) is 2.71. The molecule has 2 amide bonds. The van der Waals surface area contributed by atoms with Crippen molar-refractivity contribution in [2.24, 2.45) is 0 Å². The molecule has 1 aromatic rings. The lowest BCUT2D eigenvalue weighted by Gasteiger charge is -2.27. The lowest BCUT2D eigenvalue weighted by atomic mass is 10.3. The van der Waals surface area contributed by atoms with Gasteiger partial charge < -0.3 is 15.5 Å². The van der Waals surface area contributed by atoms with Crippen LogP contribution in [0.1, 0.15) is 0 Å². The quantitative estimate of drug-likeness (QED) is 0.780. The van der Waals surface area contributed by atoms with Crippen LogP contribution < -0.4 is 10.6 Å². The molecule has 2 N–H and O–H groups in total. The third-order valence-corrected chi connectivity index (χ3v) is 2.60. The van der Waals surface area contributed by atoms with E-state index in [1.807, 2.05) is 0 Å². The van der Waals surface area contributed by atoms with Crippen molar-refractivity contribution in [1.82, 2.24) is 10.2 Å². The maximum Gasteiger partial charge on any atom is 0.322 e. The number of urea groups is 1. The van der Waals surface area contributed by atoms with Gasteiger partial charge in [0.05, 0.1) is 0 Å². The summed E-state index contributed by atoms with van der Waals surface area (Å²) in [7, 11) is 0. The zero-order valence-corrected chi connectivity index (χ0v) is 9.17. The molecule has 0 aromatic heterocycles. The van der Waals surface area contributed by atoms with E-state index in [2.05, 4.69) is 10.6 Å². The van der Waals surface area contributed by atoms with E-state index in [-0.39, 0.29) is 0 Å². The third-order valence-electron chi connectivity index (χ3n) is 2.60. The number of halogens is 2. The van der Waals surface area contributed by atoms with E-state index in [4.69, 9.17) is 0 Å². The normalized spacial score (nSPS) is 15.8. The molecular formula is C11H13F2N3O. The molecule has 0 bridgehead atoms. The maximum atomic E-state index is 13.3. The molecule has 0 unspecified atom stereocenters. The van der Waals surface area contributed by atoms with Gasteiger partial charge >= 0.3 is 6.03 Å². The minimum atomic E-state index is -0.770. The fourth-order valence-corrected chi connectivity index (χ4v) is 1.67. The van der Waals surface area contributed by atoms with Gasteiger partial charge in [-0.2, -0.15) is 0 Å². The summed E-state index contributed by atoms with van der Waals surface area (Å²) in [6.07, 6.45) is 0. The second-order valence-electron chi connectivity index (χ2n) is 3.76. The van der Waals surface area contributed by atoms with Gasteiger partial charge in [0.2, 0.25) is 0 Å². The molecule has 0 saturated carbocycles. The van der Waals surface area contributed by atoms with Crippen LogP contribution in [0.2, 0.25) is 0 Å². The van der Waals surface area contributed by atoms with Crippen molar-refractivity contribution >= 4 is 11.7 Å². The molecule has 0 atom stereocenters. The molecule has 1 aliphatic rings. The van der Waals surface area contributed by atoms with E-state index in [0.717, 1.165) is 12.1 Å². The fourth-order valence-electron chi connectivity index (χ4n) is 1.67. The molecule has 2 rings (SSSR count). The fraction of sp³-hybridized carbons (Fsp3) is 0.364. The molecule has 0 spiro atoms. The first-order chi connectivity index (χ1) is 8.18. The summed E-state index contributed by atoms with van der Waals surface area (Å²) < 4.78 is 26.6. The number of hydrogen-bond acceptors (Lipinski definition) is 2. The van der Waals surface area contributed by atoms with Gasteiger partial charge in [-0.15, -0.1) is 0 Å². The number of hydrogen-bond donors (Lipinski definition) is 2. The largest absolute Gasteiger partial charge is 0.322 e. The van der Waals surface area contributed by atoms with E-state index in [1.165, 1.54) is 11.0 Å². The number of nitrogens with one attached hydrogen (secondary N) is 2. The zero-order chi connectivity index (χ0) is 12.3. The first-order valence-corrected chi connectivity index (χ1v) is 5.39. The Morgan fingerprint density at radius 3 is 2.41 bits per heavy atom. The summed E-state index contributed by atoms with van der Waals surface area (Å²) in [5, 5.41) is 5.34. The van der Waals surface area contributed by atoms with E-state index >= 15 is 0 Å². The number of rotatable bonds is 1. The number of para-hydroxylation sites is 1. The molecular weight excluding hydrogens is 228 g/mol. The van der Waals surface area contributed by atoms with Gasteiger partial charge in [0, 0.05) is 26.2 Å². The average Bonchev–Trinajstić information content (AvgIpc) is 2.35. The van der Waals surface area contributed by atoms with Crippen molar-refractivity contribution in [3.63, 3.8) is 0 Å². The van der Waals surface area contributed by atoms with Gasteiger partial charge in [-0.05, 0) is 12.1 Å². The lowest BCUT2D eigenvalue weighted by molar-refractivity contribution is 0.203. The molecule has 6 heteroatoms. The molecule has 1 heterocycles. The Hall–Kier alpha value is -1.69. The van der Waals surface area contributed by atoms with Crippen LogP contribution in [-0.4, -0.2) is 37.1 Å². The van der Waals surface area contributed by atoms with Crippen molar-refractivity contribution in [2.75, 3.05) is 31.5 Å². The predicted octanol–water partition coefficient (Wildman–Crippen LogP) is 1.40. The van der Waals surface area contributed by atoms with Gasteiger partial charge in [-0.3, -0.25) is 0 Å². The smallest absolute Gasteiger partial charge is 0.322 e. The predicted molar refractivity (Wildman–Crippen MR) is 59.8 cm³/mol. The van der Waals surface area contributed by atoms with E-state index < -0.39 is 23.4 Å². The Morgan fingerprint density at radius 2 is 1.82 bits per heavy atom. The highest BCUT2D eigenvalue weighted by molar-refractivity contribution is 5.89. The molecule has 92 valence electrons. The van der Waals surface area contributed by atoms with E-state index in [9.17, 15) is 13.6 Å². The molecule has 0 radical (unpaired) electrons. The zero-order valence-electron chi connectivity index (χ0n) is 9.17. The van der Waals surface area contributed by atoms with Gasteiger partial charge in [-0.1, -0.05) is 6.07 Å². The van der Waals surface area contributed by atoms with Crippen LogP contribution in [0.15, 0.2) is 18.2 Å². The number of carbonyl (C=O) groups is 1. The summed E-state index contributed by atoms with van der Waals surface area (Å²) >= 11 is 0. The summed E-state index contributed by atoms with van der Waals surface area (Å²) in [5.74, 6) is -1.54. The molecule has 0 aliphatic carbocycles. The van der Waals surface area contributed by atoms with Crippen LogP contribution in [0.5, 0.6) is 0 Å². The van der Waals surface area contributed by atoms with E-state index in [1.54, 1.807) is 0 Å². The van der Waals surface area contributed by atoms with E-state index in [0.29, 0.717) is 26.2 Å². The van der Waals surface area contributed by atoms with Crippen LogP contribution >= 0.6 is 0 Å². The molecule has 1 saturated heterocycles. The van der Waals surface area contributed by atoms with Gasteiger partial charge in [0.1, 0.15) is 17.3 Å². The van der Waals surface area contributed by atoms with Crippen LogP contribution in [-0.2, 0) is 0 Å². The molecule has 1 aromatic carbocycles. The number of anilines is 1. The summed E-state index contributed by atoms with van der Waals surface area (Å²) in [6, 6.07) is 2.99. The number of benzene rings is 1. The number of carbonyl (C=O) groups excluding carboxylic acids is 1. The monoisotopic (exact) mass is 241 g/mol. The average molecular weight is 241 g/mol. The Balaban J connectivity index is 2.07. The maximum absolute atomic E-state index is 13.3. The van der Waals surface area contributed by atoms with Gasteiger partial charge in [-0.25, -0.2) is 13.6 Å². The summed E-state index contributed by atoms with van der Waals surface area (Å²) in [5.41, 5.74) is -0.393. The standard InChI is InChI=1S/C11H13F2N3O/c12-8-2-1-3-9(13)10(8)15-11(17)16-6-4-14-5-7-16/h1-3,14H,4-7H2,(H,15,17). The summed E-state index contributed by atoms with van der Waals surface area (Å²) in [4.78, 5) is 13.2. The molecule has 1 fully saturated rings. The minimum Gasteiger partial charge on any atom is -0.322 e. The number of amides is 2. The van der Waals surface area contributed by atoms with Crippen LogP contribution in [0.25, 0.3) is 0 Å². The highest BCUT2D eigenvalue weighted by Gasteiger charge is 2.18. The second-order valence-corrected chi connectivity index (χ2v) is 3.76. The first-order valence-electron chi connectivity index (χ1n) is 5.39. The Morgan fingerprint density at radius 1 is 1.24 bits per heavy atom. The molecule has 1 aliphatic heterocycles. The first kappa shape index (κ1) is 11.8. The Labute approximate surface area is 97.6 Å². The van der Waals surface area contributed by atoms with Crippen LogP contribution in [0.3, 0.4) is 0 Å². The van der Waals surface area contributed by atoms with Crippen molar-refractivity contribution in [3.8, 4) is 0 Å². The highest BCUT2D eigenvalue weighted by atomic mass is 19.1. The highest BCUT2D eigenvalue weighted by Crippen LogP contribution is 2.18. The SMILES string of the molecule is O=C(Nc1c(F)cccc1F)N1CCNCC1. The second kappa shape index (κ2) is 5.09. The molecule has 4 nitrogen and oxygen atoms in total. The van der Waals surface area contributed by atoms with Crippen LogP contribution in [0, 0.1) is 11.6 Å². The van der Waals surface area contributed by atoms with Crippen LogP contribution in [0.4, 0.5) is 19.3 Å². The van der Waals surface area contributed by atoms with Gasteiger partial charge in [0.25, 0.3) is 0 Å².